The van der Waals surface area contributed by atoms with Gasteiger partial charge in [0.2, 0.25) is 11.7 Å². The van der Waals surface area contributed by atoms with E-state index in [-0.39, 0.29) is 11.2 Å². The number of nitrogens with zero attached hydrogens (tertiary/aromatic N) is 3. The van der Waals surface area contributed by atoms with E-state index >= 15 is 0 Å². The van der Waals surface area contributed by atoms with E-state index in [9.17, 15) is 4.79 Å². The number of rotatable bonds is 6. The summed E-state index contributed by atoms with van der Waals surface area (Å²) in [5, 5.41) is 8.28. The number of hydrogen-bond donors (Lipinski definition) is 1. The van der Waals surface area contributed by atoms with E-state index in [1.165, 1.54) is 0 Å². The van der Waals surface area contributed by atoms with Gasteiger partial charge in [-0.05, 0) is 41.7 Å². The Balaban J connectivity index is 1.74. The molecule has 9 nitrogen and oxygen atoms in total. The summed E-state index contributed by atoms with van der Waals surface area (Å²) in [6.45, 7) is 4.20. The lowest BCUT2D eigenvalue weighted by atomic mass is 9.73. The molecule has 2 heterocycles. The van der Waals surface area contributed by atoms with Gasteiger partial charge in [0.25, 0.3) is 0 Å². The first-order chi connectivity index (χ1) is 17.3. The normalized spacial score (nSPS) is 18.2. The van der Waals surface area contributed by atoms with Crippen molar-refractivity contribution in [3.8, 4) is 34.4 Å². The van der Waals surface area contributed by atoms with Gasteiger partial charge in [-0.2, -0.15) is 4.98 Å². The summed E-state index contributed by atoms with van der Waals surface area (Å²) in [4.78, 5) is 18.4. The molecule has 0 amide bonds. The minimum Gasteiger partial charge on any atom is -0.496 e. The topological polar surface area (TPSA) is 96.7 Å². The molecule has 2 aliphatic rings. The number of para-hydroxylation sites is 1. The van der Waals surface area contributed by atoms with Crippen molar-refractivity contribution in [2.24, 2.45) is 5.41 Å². The Bertz CT molecular complexity index is 1350. The Morgan fingerprint density at radius 3 is 2.25 bits per heavy atom. The Morgan fingerprint density at radius 2 is 1.61 bits per heavy atom. The number of methoxy groups -OCH3 is 4. The van der Waals surface area contributed by atoms with Crippen LogP contribution in [-0.2, 0) is 4.79 Å². The lowest BCUT2D eigenvalue weighted by molar-refractivity contribution is -0.118. The lowest BCUT2D eigenvalue weighted by Crippen LogP contribution is -2.36. The van der Waals surface area contributed by atoms with Crippen LogP contribution in [0.25, 0.3) is 11.4 Å². The number of hydrogen-bond acceptors (Lipinski definition) is 8. The molecule has 0 saturated heterocycles. The van der Waals surface area contributed by atoms with Crippen LogP contribution in [0, 0.1) is 5.41 Å². The summed E-state index contributed by atoms with van der Waals surface area (Å²) in [5.41, 5.74) is 2.91. The van der Waals surface area contributed by atoms with Crippen LogP contribution in [0.2, 0.25) is 0 Å². The molecular weight excluding hydrogens is 460 g/mol. The highest BCUT2D eigenvalue weighted by atomic mass is 16.5. The third kappa shape index (κ3) is 3.84. The van der Waals surface area contributed by atoms with E-state index in [0.29, 0.717) is 53.2 Å². The first-order valence-corrected chi connectivity index (χ1v) is 11.7. The second-order valence-corrected chi connectivity index (χ2v) is 9.72. The van der Waals surface area contributed by atoms with E-state index in [0.717, 1.165) is 16.8 Å². The van der Waals surface area contributed by atoms with Crippen LogP contribution < -0.4 is 24.3 Å². The van der Waals surface area contributed by atoms with Crippen molar-refractivity contribution < 1.29 is 23.7 Å². The molecular formula is C27H30N4O5. The molecule has 0 bridgehead atoms. The fourth-order valence-corrected chi connectivity index (χ4v) is 5.12. The lowest BCUT2D eigenvalue weighted by Gasteiger charge is -2.38. The van der Waals surface area contributed by atoms with E-state index in [1.54, 1.807) is 33.1 Å². The quantitative estimate of drug-likeness (QED) is 0.534. The van der Waals surface area contributed by atoms with Gasteiger partial charge in [0.05, 0.1) is 34.0 Å². The number of anilines is 1. The third-order valence-electron chi connectivity index (χ3n) is 6.68. The van der Waals surface area contributed by atoms with Gasteiger partial charge in [0.1, 0.15) is 11.8 Å². The van der Waals surface area contributed by atoms with Crippen LogP contribution in [0.1, 0.15) is 38.3 Å². The van der Waals surface area contributed by atoms with Crippen molar-refractivity contribution in [1.82, 2.24) is 14.8 Å². The zero-order valence-corrected chi connectivity index (χ0v) is 21.3. The molecule has 1 N–H and O–H groups in total. The van der Waals surface area contributed by atoms with Crippen molar-refractivity contribution in [3.05, 3.63) is 53.2 Å². The summed E-state index contributed by atoms with van der Waals surface area (Å²) in [6, 6.07) is 10.8. The Morgan fingerprint density at radius 1 is 0.944 bits per heavy atom. The molecule has 0 fully saturated rings. The van der Waals surface area contributed by atoms with Crippen molar-refractivity contribution in [3.63, 3.8) is 0 Å². The Hall–Kier alpha value is -4.01. The van der Waals surface area contributed by atoms with Crippen molar-refractivity contribution in [1.29, 1.82) is 0 Å². The fourth-order valence-electron chi connectivity index (χ4n) is 5.12. The molecule has 2 aromatic carbocycles. The molecule has 1 aliphatic carbocycles. The van der Waals surface area contributed by atoms with Gasteiger partial charge in [0.15, 0.2) is 23.1 Å². The minimum atomic E-state index is -0.524. The van der Waals surface area contributed by atoms with Gasteiger partial charge in [-0.1, -0.05) is 26.0 Å². The van der Waals surface area contributed by atoms with Crippen LogP contribution >= 0.6 is 0 Å². The fraction of sp³-hybridized carbons (Fsp3) is 0.370. The number of ketones is 1. The maximum absolute atomic E-state index is 13.6. The Labute approximate surface area is 210 Å². The first-order valence-electron chi connectivity index (χ1n) is 11.7. The average molecular weight is 491 g/mol. The minimum absolute atomic E-state index is 0.0764. The molecule has 3 aromatic rings. The van der Waals surface area contributed by atoms with Crippen LogP contribution in [0.15, 0.2) is 47.7 Å². The summed E-state index contributed by atoms with van der Waals surface area (Å²) in [6.07, 6.45) is 1.16. The molecule has 1 atom stereocenters. The van der Waals surface area contributed by atoms with Crippen LogP contribution in [0.4, 0.5) is 5.95 Å². The Kier molecular flexibility index (Phi) is 5.86. The van der Waals surface area contributed by atoms with E-state index < -0.39 is 6.04 Å². The zero-order chi connectivity index (χ0) is 25.6. The van der Waals surface area contributed by atoms with Gasteiger partial charge in [-0.25, -0.2) is 4.68 Å². The highest BCUT2D eigenvalue weighted by molar-refractivity contribution is 6.00. The second kappa shape index (κ2) is 8.89. The number of aromatic nitrogens is 3. The number of allylic oxidation sites excluding steroid dienone is 2. The number of ether oxygens (including phenoxy) is 4. The molecule has 9 heteroatoms. The van der Waals surface area contributed by atoms with Crippen molar-refractivity contribution in [2.75, 3.05) is 33.8 Å². The third-order valence-corrected chi connectivity index (χ3v) is 6.68. The smallest absolute Gasteiger partial charge is 0.226 e. The van der Waals surface area contributed by atoms with Crippen LogP contribution in [0.5, 0.6) is 23.0 Å². The van der Waals surface area contributed by atoms with Gasteiger partial charge < -0.3 is 24.3 Å². The number of Topliss-reactive ketones (excluding diaryl/α,β-unsaturated/α-hetero) is 1. The summed E-state index contributed by atoms with van der Waals surface area (Å²) in [5.74, 6) is 3.28. The van der Waals surface area contributed by atoms with E-state index in [1.807, 2.05) is 36.4 Å². The number of fused-ring (bicyclic) bond motifs is 1. The second-order valence-electron chi connectivity index (χ2n) is 9.72. The summed E-state index contributed by atoms with van der Waals surface area (Å²) < 4.78 is 24.1. The molecule has 0 saturated carbocycles. The molecule has 1 aliphatic heterocycles. The molecule has 36 heavy (non-hydrogen) atoms. The molecule has 1 unspecified atom stereocenters. The molecule has 5 rings (SSSR count). The van der Waals surface area contributed by atoms with Crippen LogP contribution in [-0.4, -0.2) is 49.0 Å². The standard InChI is InChI=1S/C27H30N4O5/c1-27(2)13-17-22(18(32)14-27)23(15-11-20(34-4)24(36-6)21(12-15)35-5)31-26(28-17)29-25(30-31)16-9-7-8-10-19(16)33-3/h7-12,23H,13-14H2,1-6H3,(H,28,29,30). The molecule has 0 radical (unpaired) electrons. The van der Waals surface area contributed by atoms with Gasteiger partial charge in [-0.3, -0.25) is 4.79 Å². The van der Waals surface area contributed by atoms with E-state index in [4.69, 9.17) is 29.0 Å². The number of benzene rings is 2. The van der Waals surface area contributed by atoms with Gasteiger partial charge in [0, 0.05) is 17.7 Å². The van der Waals surface area contributed by atoms with Crippen LogP contribution in [0.3, 0.4) is 0 Å². The summed E-state index contributed by atoms with van der Waals surface area (Å²) in [7, 11) is 6.33. The molecule has 0 spiro atoms. The zero-order valence-electron chi connectivity index (χ0n) is 21.3. The SMILES string of the molecule is COc1ccccc1-c1nc2n(n1)C(c1cc(OC)c(OC)c(OC)c1)C1=C(CC(C)(C)CC1=O)N2. The molecule has 1 aromatic heterocycles. The molecule has 188 valence electrons. The predicted octanol–water partition coefficient (Wildman–Crippen LogP) is 4.64. The highest BCUT2D eigenvalue weighted by Gasteiger charge is 2.42. The highest BCUT2D eigenvalue weighted by Crippen LogP contribution is 2.48. The first kappa shape index (κ1) is 23.7. The maximum Gasteiger partial charge on any atom is 0.226 e. The largest absolute Gasteiger partial charge is 0.496 e. The van der Waals surface area contributed by atoms with Crippen molar-refractivity contribution in [2.45, 2.75) is 32.7 Å². The van der Waals surface area contributed by atoms with Crippen molar-refractivity contribution >= 4 is 11.7 Å². The number of nitrogens with one attached hydrogen (secondary N) is 1. The van der Waals surface area contributed by atoms with Gasteiger partial charge in [-0.15, -0.1) is 5.10 Å². The average Bonchev–Trinajstić information content (AvgIpc) is 3.29. The monoisotopic (exact) mass is 490 g/mol. The maximum atomic E-state index is 13.6. The number of carbonyl (C=O) groups excluding carboxylic acids is 1. The van der Waals surface area contributed by atoms with Gasteiger partial charge >= 0.3 is 0 Å². The number of carbonyl (C=O) groups is 1. The van der Waals surface area contributed by atoms with E-state index in [2.05, 4.69) is 19.2 Å². The summed E-state index contributed by atoms with van der Waals surface area (Å²) >= 11 is 0. The predicted molar refractivity (Wildman–Crippen MR) is 135 cm³/mol.